The molecule has 0 saturated heterocycles. The highest BCUT2D eigenvalue weighted by Crippen LogP contribution is 2.13. The van der Waals surface area contributed by atoms with E-state index in [1.54, 1.807) is 18.4 Å². The minimum absolute atomic E-state index is 0.540. The molecule has 0 spiro atoms. The molecule has 6 heteroatoms. The summed E-state index contributed by atoms with van der Waals surface area (Å²) in [4.78, 5) is 9.90. The zero-order valence-electron chi connectivity index (χ0n) is 16.2. The van der Waals surface area contributed by atoms with Crippen LogP contribution in [0.3, 0.4) is 0 Å². The molecule has 5 nitrogen and oxygen atoms in total. The molecule has 1 aromatic heterocycles. The molecular weight excluding hydrogens is 344 g/mol. The molecule has 1 heterocycles. The average molecular weight is 375 g/mol. The predicted molar refractivity (Wildman–Crippen MR) is 110 cm³/mol. The number of nitrogens with one attached hydrogen (secondary N) is 2. The van der Waals surface area contributed by atoms with Crippen LogP contribution in [0.2, 0.25) is 0 Å². The lowest BCUT2D eigenvalue weighted by atomic mass is 10.1. The second-order valence-corrected chi connectivity index (χ2v) is 7.96. The molecule has 2 N–H and O–H groups in total. The van der Waals surface area contributed by atoms with E-state index < -0.39 is 0 Å². The summed E-state index contributed by atoms with van der Waals surface area (Å²) in [5, 5.41) is 7.85. The van der Waals surface area contributed by atoms with E-state index in [0.29, 0.717) is 5.92 Å². The third-order valence-electron chi connectivity index (χ3n) is 3.74. The van der Waals surface area contributed by atoms with Crippen LogP contribution in [-0.4, -0.2) is 37.7 Å². The second kappa shape index (κ2) is 10.8. The Morgan fingerprint density at radius 3 is 2.42 bits per heavy atom. The van der Waals surface area contributed by atoms with Gasteiger partial charge in [0.2, 0.25) is 0 Å². The van der Waals surface area contributed by atoms with E-state index >= 15 is 0 Å². The summed E-state index contributed by atoms with van der Waals surface area (Å²) in [5.74, 6) is 2.30. The molecule has 0 radical (unpaired) electrons. The summed E-state index contributed by atoms with van der Waals surface area (Å²) < 4.78 is 5.72. The molecule has 2 aromatic rings. The molecule has 0 atom stereocenters. The first-order valence-electron chi connectivity index (χ1n) is 9.14. The first kappa shape index (κ1) is 20.2. The Balaban J connectivity index is 1.66. The summed E-state index contributed by atoms with van der Waals surface area (Å²) in [5.41, 5.74) is 1.28. The Morgan fingerprint density at radius 2 is 1.85 bits per heavy atom. The van der Waals surface area contributed by atoms with Gasteiger partial charge in [-0.2, -0.15) is 0 Å². The first-order chi connectivity index (χ1) is 12.6. The number of hydrogen-bond acceptors (Lipinski definition) is 4. The van der Waals surface area contributed by atoms with Crippen molar-refractivity contribution in [1.82, 2.24) is 15.6 Å². The minimum Gasteiger partial charge on any atom is -0.493 e. The molecule has 0 fully saturated rings. The summed E-state index contributed by atoms with van der Waals surface area (Å²) in [7, 11) is 1.80. The molecule has 142 valence electrons. The van der Waals surface area contributed by atoms with Crippen molar-refractivity contribution in [2.75, 3.05) is 26.7 Å². The third-order valence-corrected chi connectivity index (χ3v) is 4.71. The van der Waals surface area contributed by atoms with E-state index in [1.807, 2.05) is 18.3 Å². The standard InChI is InChI=1S/C20H30N4OS/c1-15(2)14-25-18-7-5-17(6-8-18)9-11-22-20(21-4)23-12-10-19-24-13-16(3)26-19/h5-8,13,15H,9-12,14H2,1-4H3,(H2,21,22,23). The highest BCUT2D eigenvalue weighted by atomic mass is 32.1. The number of guanidine groups is 1. The van der Waals surface area contributed by atoms with Gasteiger partial charge in [0.1, 0.15) is 5.75 Å². The third kappa shape index (κ3) is 7.44. The molecule has 0 aliphatic rings. The largest absolute Gasteiger partial charge is 0.493 e. The van der Waals surface area contributed by atoms with Gasteiger partial charge < -0.3 is 15.4 Å². The Bertz CT molecular complexity index is 679. The maximum Gasteiger partial charge on any atom is 0.191 e. The van der Waals surface area contributed by atoms with Crippen LogP contribution in [0.1, 0.15) is 29.3 Å². The lowest BCUT2D eigenvalue weighted by Crippen LogP contribution is -2.39. The van der Waals surface area contributed by atoms with E-state index in [0.717, 1.165) is 49.3 Å². The average Bonchev–Trinajstić information content (AvgIpc) is 3.05. The van der Waals surface area contributed by atoms with Crippen LogP contribution in [0, 0.1) is 12.8 Å². The normalized spacial score (nSPS) is 11.7. The smallest absolute Gasteiger partial charge is 0.191 e. The van der Waals surface area contributed by atoms with Gasteiger partial charge in [-0.15, -0.1) is 11.3 Å². The van der Waals surface area contributed by atoms with Gasteiger partial charge in [0.05, 0.1) is 11.6 Å². The number of ether oxygens (including phenoxy) is 1. The quantitative estimate of drug-likeness (QED) is 0.521. The van der Waals surface area contributed by atoms with Crippen molar-refractivity contribution in [2.24, 2.45) is 10.9 Å². The van der Waals surface area contributed by atoms with Crippen LogP contribution >= 0.6 is 11.3 Å². The number of benzene rings is 1. The number of nitrogens with zero attached hydrogens (tertiary/aromatic N) is 2. The van der Waals surface area contributed by atoms with Crippen molar-refractivity contribution in [2.45, 2.75) is 33.6 Å². The van der Waals surface area contributed by atoms with E-state index in [4.69, 9.17) is 4.74 Å². The topological polar surface area (TPSA) is 58.5 Å². The summed E-state index contributed by atoms with van der Waals surface area (Å²) in [6.45, 7) is 8.80. The molecule has 0 bridgehead atoms. The highest BCUT2D eigenvalue weighted by Gasteiger charge is 2.02. The lowest BCUT2D eigenvalue weighted by molar-refractivity contribution is 0.271. The molecule has 0 saturated carbocycles. The van der Waals surface area contributed by atoms with E-state index in [-0.39, 0.29) is 0 Å². The van der Waals surface area contributed by atoms with Crippen molar-refractivity contribution in [3.05, 3.63) is 45.9 Å². The molecule has 2 rings (SSSR count). The Kier molecular flexibility index (Phi) is 8.41. The van der Waals surface area contributed by atoms with Crippen LogP contribution in [-0.2, 0) is 12.8 Å². The van der Waals surface area contributed by atoms with Crippen molar-refractivity contribution in [3.63, 3.8) is 0 Å². The zero-order chi connectivity index (χ0) is 18.8. The van der Waals surface area contributed by atoms with Gasteiger partial charge in [0.25, 0.3) is 0 Å². The molecule has 26 heavy (non-hydrogen) atoms. The van der Waals surface area contributed by atoms with Gasteiger partial charge in [0.15, 0.2) is 5.96 Å². The van der Waals surface area contributed by atoms with Crippen LogP contribution in [0.25, 0.3) is 0 Å². The molecule has 0 aliphatic carbocycles. The fourth-order valence-corrected chi connectivity index (χ4v) is 3.15. The minimum atomic E-state index is 0.540. The SMILES string of the molecule is CN=C(NCCc1ccc(OCC(C)C)cc1)NCCc1ncc(C)s1. The van der Waals surface area contributed by atoms with Crippen LogP contribution in [0.15, 0.2) is 35.5 Å². The van der Waals surface area contributed by atoms with Gasteiger partial charge in [-0.1, -0.05) is 26.0 Å². The number of aliphatic imine (C=N–C) groups is 1. The van der Waals surface area contributed by atoms with Crippen LogP contribution in [0.4, 0.5) is 0 Å². The molecular formula is C20H30N4OS. The predicted octanol–water partition coefficient (Wildman–Crippen LogP) is 3.44. The van der Waals surface area contributed by atoms with Crippen molar-refractivity contribution in [1.29, 1.82) is 0 Å². The molecule has 0 amide bonds. The number of hydrogen-bond donors (Lipinski definition) is 2. The molecule has 0 unspecified atom stereocenters. The van der Waals surface area contributed by atoms with Crippen LogP contribution in [0.5, 0.6) is 5.75 Å². The fraction of sp³-hybridized carbons (Fsp3) is 0.500. The first-order valence-corrected chi connectivity index (χ1v) is 9.96. The van der Waals surface area contributed by atoms with Crippen molar-refractivity contribution < 1.29 is 4.74 Å². The highest BCUT2D eigenvalue weighted by molar-refractivity contribution is 7.11. The summed E-state index contributed by atoms with van der Waals surface area (Å²) in [6.07, 6.45) is 3.78. The Hall–Kier alpha value is -2.08. The summed E-state index contributed by atoms with van der Waals surface area (Å²) >= 11 is 1.75. The Labute approximate surface area is 160 Å². The maximum atomic E-state index is 5.72. The fourth-order valence-electron chi connectivity index (χ4n) is 2.37. The van der Waals surface area contributed by atoms with Crippen molar-refractivity contribution in [3.8, 4) is 5.75 Å². The van der Waals surface area contributed by atoms with Gasteiger partial charge >= 0.3 is 0 Å². The molecule has 1 aromatic carbocycles. The number of rotatable bonds is 9. The number of aromatic nitrogens is 1. The van der Waals surface area contributed by atoms with Gasteiger partial charge in [-0.05, 0) is 37.0 Å². The van der Waals surface area contributed by atoms with E-state index in [9.17, 15) is 0 Å². The number of aryl methyl sites for hydroxylation is 1. The van der Waals surface area contributed by atoms with Gasteiger partial charge in [-0.3, -0.25) is 4.99 Å². The zero-order valence-corrected chi connectivity index (χ0v) is 17.0. The van der Waals surface area contributed by atoms with Crippen LogP contribution < -0.4 is 15.4 Å². The van der Waals surface area contributed by atoms with E-state index in [1.165, 1.54) is 10.4 Å². The van der Waals surface area contributed by atoms with E-state index in [2.05, 4.69) is 53.5 Å². The second-order valence-electron chi connectivity index (χ2n) is 6.64. The lowest BCUT2D eigenvalue weighted by Gasteiger charge is -2.12. The van der Waals surface area contributed by atoms with Crippen molar-refractivity contribution >= 4 is 17.3 Å². The monoisotopic (exact) mass is 374 g/mol. The van der Waals surface area contributed by atoms with Gasteiger partial charge in [0, 0.05) is 37.6 Å². The summed E-state index contributed by atoms with van der Waals surface area (Å²) in [6, 6.07) is 8.33. The Morgan fingerprint density at radius 1 is 1.15 bits per heavy atom. The maximum absolute atomic E-state index is 5.72. The molecule has 0 aliphatic heterocycles. The van der Waals surface area contributed by atoms with Gasteiger partial charge in [-0.25, -0.2) is 4.98 Å². The number of thiazole rings is 1.